The number of hydrogen-bond acceptors (Lipinski definition) is 4. The van der Waals surface area contributed by atoms with E-state index in [1.165, 1.54) is 19.3 Å². The van der Waals surface area contributed by atoms with Gasteiger partial charge in [-0.2, -0.15) is 0 Å². The van der Waals surface area contributed by atoms with Gasteiger partial charge in [-0.3, -0.25) is 0 Å². The van der Waals surface area contributed by atoms with Crippen LogP contribution in [-0.4, -0.2) is 20.5 Å². The number of aromatic nitrogens is 2. The minimum atomic E-state index is -0.297. The van der Waals surface area contributed by atoms with Crippen molar-refractivity contribution in [2.45, 2.75) is 102 Å². The Balaban J connectivity index is 1.96. The molecule has 3 rings (SSSR count). The van der Waals surface area contributed by atoms with E-state index in [2.05, 4.69) is 96.5 Å². The summed E-state index contributed by atoms with van der Waals surface area (Å²) in [5.74, 6) is 2.86. The molecule has 1 saturated carbocycles. The van der Waals surface area contributed by atoms with Crippen molar-refractivity contribution in [3.8, 4) is 0 Å². The van der Waals surface area contributed by atoms with Gasteiger partial charge in [-0.05, 0) is 99.9 Å². The Hall–Kier alpha value is -0.560. The van der Waals surface area contributed by atoms with E-state index >= 15 is 0 Å². The van der Waals surface area contributed by atoms with Crippen LogP contribution in [0.25, 0.3) is 0 Å². The van der Waals surface area contributed by atoms with Crippen LogP contribution in [0.15, 0.2) is 58.8 Å². The second-order valence-corrected chi connectivity index (χ2v) is 18.2. The van der Waals surface area contributed by atoms with Gasteiger partial charge in [-0.25, -0.2) is 9.97 Å². The van der Waals surface area contributed by atoms with Crippen molar-refractivity contribution >= 4 is 41.3 Å². The summed E-state index contributed by atoms with van der Waals surface area (Å²) in [6.45, 7) is 22.4. The molecule has 0 aliphatic heterocycles. The van der Waals surface area contributed by atoms with Gasteiger partial charge in [0.15, 0.2) is 0 Å². The lowest BCUT2D eigenvalue weighted by Crippen LogP contribution is -2.48. The third-order valence-electron chi connectivity index (χ3n) is 10.4. The molecule has 6 heteroatoms. The maximum atomic E-state index is 6.18. The molecule has 0 aromatic carbocycles. The van der Waals surface area contributed by atoms with Gasteiger partial charge < -0.3 is 0 Å². The molecule has 0 spiro atoms. The molecule has 1 fully saturated rings. The highest BCUT2D eigenvalue weighted by Gasteiger charge is 2.48. The zero-order valence-corrected chi connectivity index (χ0v) is 27.6. The lowest BCUT2D eigenvalue weighted by Gasteiger charge is -2.52. The first-order chi connectivity index (χ1) is 17.3. The van der Waals surface area contributed by atoms with Crippen LogP contribution in [-0.2, 0) is 41.3 Å². The van der Waals surface area contributed by atoms with E-state index in [9.17, 15) is 0 Å². The summed E-state index contributed by atoms with van der Waals surface area (Å²) in [7, 11) is -0.594. The molecule has 2 nitrogen and oxygen atoms in total. The maximum absolute atomic E-state index is 6.18. The van der Waals surface area contributed by atoms with Crippen molar-refractivity contribution < 1.29 is 0 Å². The molecule has 0 saturated heterocycles. The molecule has 9 atom stereocenters. The molecule has 0 amide bonds. The smallest absolute Gasteiger partial charge is 0.100 e. The molecule has 0 bridgehead atoms. The number of hydrogen-bond donors (Lipinski definition) is 0. The van der Waals surface area contributed by atoms with Crippen molar-refractivity contribution in [2.24, 2.45) is 40.4 Å². The summed E-state index contributed by atoms with van der Waals surface area (Å²) in [6.07, 6.45) is 7.41. The van der Waals surface area contributed by atoms with Gasteiger partial charge in [0.25, 0.3) is 0 Å². The van der Waals surface area contributed by atoms with Gasteiger partial charge in [0, 0.05) is 22.9 Å². The molecule has 2 aromatic heterocycles. The van der Waals surface area contributed by atoms with Crippen LogP contribution in [0.5, 0.6) is 0 Å². The average molecular weight is 577 g/mol. The normalized spacial score (nSPS) is 31.5. The van der Waals surface area contributed by atoms with E-state index in [0.29, 0.717) is 40.1 Å². The topological polar surface area (TPSA) is 25.8 Å². The fourth-order valence-electron chi connectivity index (χ4n) is 7.06. The summed E-state index contributed by atoms with van der Waals surface area (Å²) in [5.41, 5.74) is 0.382. The van der Waals surface area contributed by atoms with Crippen molar-refractivity contribution in [2.75, 3.05) is 0 Å². The van der Waals surface area contributed by atoms with Crippen molar-refractivity contribution in [3.05, 3.63) is 48.8 Å². The largest absolute Gasteiger partial charge is 0.250 e. The predicted octanol–water partition coefficient (Wildman–Crippen LogP) is 8.21. The standard InChI is InChI=1S/C31H48N2S4/c1-21-22(2)30(6,7)26(24(4)36(34)28-17-10-12-19-32-28)15-14-16-27(31(8,9)23(21)3)25(5)37(35)29-18-11-13-20-33-29/h10-13,17-27H,14-16H2,1-9H3/t21?,22-,23+,24?,25?,26?,27?,36?,37?. The minimum Gasteiger partial charge on any atom is -0.250 e. The van der Waals surface area contributed by atoms with Gasteiger partial charge in [0.2, 0.25) is 0 Å². The molecule has 1 aliphatic carbocycles. The monoisotopic (exact) mass is 576 g/mol. The van der Waals surface area contributed by atoms with Gasteiger partial charge in [-0.1, -0.05) is 99.8 Å². The third kappa shape index (κ3) is 6.61. The first kappa shape index (κ1) is 31.0. The highest BCUT2D eigenvalue weighted by atomic mass is 32.8. The molecule has 0 N–H and O–H groups in total. The van der Waals surface area contributed by atoms with Crippen LogP contribution >= 0.6 is 0 Å². The highest BCUT2D eigenvalue weighted by Crippen LogP contribution is 2.53. The van der Waals surface area contributed by atoms with E-state index in [-0.39, 0.29) is 29.7 Å². The van der Waals surface area contributed by atoms with E-state index in [1.54, 1.807) is 0 Å². The van der Waals surface area contributed by atoms with Gasteiger partial charge in [0.1, 0.15) is 10.1 Å². The van der Waals surface area contributed by atoms with Crippen LogP contribution in [0.1, 0.15) is 81.6 Å². The summed E-state index contributed by atoms with van der Waals surface area (Å²) >= 11 is 12.4. The van der Waals surface area contributed by atoms with Crippen LogP contribution in [0.4, 0.5) is 0 Å². The average Bonchev–Trinajstić information content (AvgIpc) is 2.90. The van der Waals surface area contributed by atoms with Gasteiger partial charge >= 0.3 is 0 Å². The lowest BCUT2D eigenvalue weighted by atomic mass is 9.55. The Labute approximate surface area is 241 Å². The van der Waals surface area contributed by atoms with Crippen LogP contribution in [0.3, 0.4) is 0 Å². The molecule has 37 heavy (non-hydrogen) atoms. The van der Waals surface area contributed by atoms with Crippen molar-refractivity contribution in [1.29, 1.82) is 0 Å². The molecule has 0 radical (unpaired) electrons. The zero-order valence-electron chi connectivity index (χ0n) is 24.3. The van der Waals surface area contributed by atoms with Gasteiger partial charge in [-0.15, -0.1) is 0 Å². The highest BCUT2D eigenvalue weighted by molar-refractivity contribution is 8.29. The molecule has 7 unspecified atom stereocenters. The van der Waals surface area contributed by atoms with Crippen LogP contribution in [0, 0.1) is 40.4 Å². The summed E-state index contributed by atoms with van der Waals surface area (Å²) in [6, 6.07) is 12.4. The summed E-state index contributed by atoms with van der Waals surface area (Å²) in [4.78, 5) is 9.32. The Bertz CT molecular complexity index is 970. The van der Waals surface area contributed by atoms with Crippen LogP contribution < -0.4 is 0 Å². The first-order valence-corrected chi connectivity index (χ1v) is 18.4. The number of rotatable bonds is 6. The predicted molar refractivity (Wildman–Crippen MR) is 169 cm³/mol. The quantitative estimate of drug-likeness (QED) is 0.346. The Kier molecular flexibility index (Phi) is 10.7. The Morgan fingerprint density at radius 2 is 1.11 bits per heavy atom. The molecule has 206 valence electrons. The molecule has 2 aromatic rings. The zero-order chi connectivity index (χ0) is 27.5. The van der Waals surface area contributed by atoms with E-state index in [4.69, 9.17) is 22.4 Å². The third-order valence-corrected chi connectivity index (χ3v) is 16.5. The lowest BCUT2D eigenvalue weighted by molar-refractivity contribution is -0.00886. The fourth-order valence-corrected chi connectivity index (χ4v) is 11.5. The summed E-state index contributed by atoms with van der Waals surface area (Å²) in [5, 5.41) is 2.97. The molecule has 1 aliphatic rings. The fraction of sp³-hybridized carbons (Fsp3) is 0.677. The van der Waals surface area contributed by atoms with Crippen molar-refractivity contribution in [1.82, 2.24) is 9.97 Å². The molecular formula is C31H48N2S4. The number of pyridine rings is 2. The molecule has 2 heterocycles. The van der Waals surface area contributed by atoms with E-state index in [1.807, 2.05) is 24.5 Å². The second-order valence-electron chi connectivity index (χ2n) is 12.6. The van der Waals surface area contributed by atoms with Crippen LogP contribution in [0.2, 0.25) is 0 Å². The molecular weight excluding hydrogens is 529 g/mol. The van der Waals surface area contributed by atoms with Gasteiger partial charge in [0.05, 0.1) is 0 Å². The SMILES string of the molecule is CC1[C@@H](C)C(C)(C)C(C(C)S(=S)c2ccccn2)CCCC(C(C)S(=S)c2ccccn2)C(C)(C)[C@H]1C. The van der Waals surface area contributed by atoms with Crippen molar-refractivity contribution in [3.63, 3.8) is 0 Å². The van der Waals surface area contributed by atoms with E-state index < -0.39 is 0 Å². The Morgan fingerprint density at radius 1 is 0.730 bits per heavy atom. The summed E-state index contributed by atoms with van der Waals surface area (Å²) < 4.78 is 0. The minimum absolute atomic E-state index is 0.191. The van der Waals surface area contributed by atoms with E-state index in [0.717, 1.165) is 10.1 Å². The Morgan fingerprint density at radius 3 is 1.43 bits per heavy atom. The number of nitrogens with zero attached hydrogens (tertiary/aromatic N) is 2. The first-order valence-electron chi connectivity index (χ1n) is 13.9. The second kappa shape index (κ2) is 12.7. The maximum Gasteiger partial charge on any atom is 0.100 e.